The molecule has 12 heteroatoms. The van der Waals surface area contributed by atoms with E-state index < -0.39 is 27.7 Å². The lowest BCUT2D eigenvalue weighted by Crippen LogP contribution is -2.49. The van der Waals surface area contributed by atoms with E-state index in [2.05, 4.69) is 5.32 Å². The summed E-state index contributed by atoms with van der Waals surface area (Å²) in [6, 6.07) is 6.93. The molecule has 0 spiro atoms. The first-order valence-corrected chi connectivity index (χ1v) is 13.9. The fraction of sp³-hybridized carbons (Fsp3) is 0.417. The number of nitrogens with zero attached hydrogens (tertiary/aromatic N) is 2. The second kappa shape index (κ2) is 13.2. The highest BCUT2D eigenvalue weighted by atomic mass is 35.5. The van der Waals surface area contributed by atoms with Gasteiger partial charge >= 0.3 is 0 Å². The zero-order chi connectivity index (χ0) is 27.0. The van der Waals surface area contributed by atoms with Crippen LogP contribution < -0.4 is 9.62 Å². The highest BCUT2D eigenvalue weighted by Crippen LogP contribution is 2.25. The standard InChI is InChI=1S/C24H29Cl2F2N3O4S/c1-4-22(24(33)29-5-2)30(15-16-8-10-18(25)19(26)13-16)23(32)7-6-12-31(36(3,34)35)17-9-11-20(27)21(28)14-17/h8-11,13-14,22H,4-7,12,15H2,1-3H3,(H,29,33). The molecular weight excluding hydrogens is 535 g/mol. The van der Waals surface area contributed by atoms with Crippen molar-refractivity contribution in [3.05, 3.63) is 63.6 Å². The van der Waals surface area contributed by atoms with E-state index in [-0.39, 0.29) is 43.4 Å². The van der Waals surface area contributed by atoms with Crippen LogP contribution in [0, 0.1) is 11.6 Å². The van der Waals surface area contributed by atoms with Crippen molar-refractivity contribution in [3.63, 3.8) is 0 Å². The summed E-state index contributed by atoms with van der Waals surface area (Å²) in [4.78, 5) is 27.4. The highest BCUT2D eigenvalue weighted by molar-refractivity contribution is 7.92. The molecule has 0 aromatic heterocycles. The zero-order valence-corrected chi connectivity index (χ0v) is 22.6. The van der Waals surface area contributed by atoms with Crippen LogP contribution in [-0.4, -0.2) is 50.5 Å². The molecular formula is C24H29Cl2F2N3O4S. The number of rotatable bonds is 12. The van der Waals surface area contributed by atoms with Crippen LogP contribution in [0.5, 0.6) is 0 Å². The third-order valence-corrected chi connectivity index (χ3v) is 7.35. The molecule has 2 aromatic carbocycles. The molecule has 1 unspecified atom stereocenters. The molecule has 0 bridgehead atoms. The summed E-state index contributed by atoms with van der Waals surface area (Å²) in [5, 5.41) is 3.39. The van der Waals surface area contributed by atoms with E-state index in [1.807, 2.05) is 0 Å². The Hall–Kier alpha value is -2.43. The maximum Gasteiger partial charge on any atom is 0.242 e. The Morgan fingerprint density at radius 1 is 1.03 bits per heavy atom. The van der Waals surface area contributed by atoms with Crippen molar-refractivity contribution in [1.82, 2.24) is 10.2 Å². The predicted octanol–water partition coefficient (Wildman–Crippen LogP) is 4.76. The van der Waals surface area contributed by atoms with Crippen molar-refractivity contribution in [2.75, 3.05) is 23.7 Å². The first-order valence-electron chi connectivity index (χ1n) is 11.3. The summed E-state index contributed by atoms with van der Waals surface area (Å²) < 4.78 is 52.5. The fourth-order valence-electron chi connectivity index (χ4n) is 3.69. The number of nitrogens with one attached hydrogen (secondary N) is 1. The lowest BCUT2D eigenvalue weighted by molar-refractivity contribution is -0.141. The van der Waals surface area contributed by atoms with Crippen molar-refractivity contribution in [1.29, 1.82) is 0 Å². The number of anilines is 1. The molecule has 198 valence electrons. The third kappa shape index (κ3) is 8.04. The quantitative estimate of drug-likeness (QED) is 0.403. The Morgan fingerprint density at radius 3 is 2.28 bits per heavy atom. The SMILES string of the molecule is CCNC(=O)C(CC)N(Cc1ccc(Cl)c(Cl)c1)C(=O)CCCN(c1ccc(F)c(F)c1)S(C)(=O)=O. The van der Waals surface area contributed by atoms with Crippen LogP contribution in [0.3, 0.4) is 0 Å². The molecule has 0 fully saturated rings. The Morgan fingerprint density at radius 2 is 1.72 bits per heavy atom. The molecule has 2 rings (SSSR count). The highest BCUT2D eigenvalue weighted by Gasteiger charge is 2.29. The molecule has 0 saturated carbocycles. The normalized spacial score (nSPS) is 12.2. The third-order valence-electron chi connectivity index (χ3n) is 5.42. The fourth-order valence-corrected chi connectivity index (χ4v) is 4.97. The van der Waals surface area contributed by atoms with Crippen molar-refractivity contribution >= 4 is 50.7 Å². The Kier molecular flexibility index (Phi) is 10.9. The van der Waals surface area contributed by atoms with Crippen LogP contribution >= 0.6 is 23.2 Å². The Bertz CT molecular complexity index is 1200. The number of hydrogen-bond acceptors (Lipinski definition) is 4. The van der Waals surface area contributed by atoms with Gasteiger partial charge in [0, 0.05) is 32.1 Å². The maximum absolute atomic E-state index is 13.7. The topological polar surface area (TPSA) is 86.8 Å². The number of carbonyl (C=O) groups is 2. The summed E-state index contributed by atoms with van der Waals surface area (Å²) in [6.45, 7) is 3.89. The minimum Gasteiger partial charge on any atom is -0.355 e. The lowest BCUT2D eigenvalue weighted by Gasteiger charge is -2.31. The minimum absolute atomic E-state index is 0.0507. The first kappa shape index (κ1) is 29.8. The molecule has 0 aliphatic carbocycles. The number of benzene rings is 2. The van der Waals surface area contributed by atoms with E-state index in [4.69, 9.17) is 23.2 Å². The van der Waals surface area contributed by atoms with Gasteiger partial charge in [-0.25, -0.2) is 17.2 Å². The molecule has 2 amide bonds. The van der Waals surface area contributed by atoms with Crippen LogP contribution in [0.4, 0.5) is 14.5 Å². The number of halogens is 4. The van der Waals surface area contributed by atoms with Gasteiger partial charge in [-0.05, 0) is 49.6 Å². The monoisotopic (exact) mass is 563 g/mol. The van der Waals surface area contributed by atoms with Crippen molar-refractivity contribution in [3.8, 4) is 0 Å². The van der Waals surface area contributed by atoms with Crippen LogP contribution in [0.25, 0.3) is 0 Å². The van der Waals surface area contributed by atoms with Gasteiger partial charge in [0.2, 0.25) is 21.8 Å². The van der Waals surface area contributed by atoms with Gasteiger partial charge in [0.1, 0.15) is 6.04 Å². The van der Waals surface area contributed by atoms with Gasteiger partial charge in [0.05, 0.1) is 22.0 Å². The smallest absolute Gasteiger partial charge is 0.242 e. The molecule has 2 aromatic rings. The van der Waals surface area contributed by atoms with Crippen LogP contribution in [0.1, 0.15) is 38.7 Å². The van der Waals surface area contributed by atoms with Crippen molar-refractivity contribution in [2.24, 2.45) is 0 Å². The molecule has 1 N–H and O–H groups in total. The minimum atomic E-state index is -3.84. The van der Waals surface area contributed by atoms with Crippen LogP contribution in [0.15, 0.2) is 36.4 Å². The largest absolute Gasteiger partial charge is 0.355 e. The molecule has 1 atom stereocenters. The average molecular weight is 564 g/mol. The molecule has 0 saturated heterocycles. The predicted molar refractivity (Wildman–Crippen MR) is 138 cm³/mol. The number of hydrogen-bond donors (Lipinski definition) is 1. The number of amides is 2. The van der Waals surface area contributed by atoms with Gasteiger partial charge in [0.25, 0.3) is 0 Å². The van der Waals surface area contributed by atoms with Gasteiger partial charge in [-0.3, -0.25) is 13.9 Å². The van der Waals surface area contributed by atoms with Crippen molar-refractivity contribution < 1.29 is 26.8 Å². The molecule has 0 aliphatic heterocycles. The Balaban J connectivity index is 2.24. The first-order chi connectivity index (χ1) is 16.9. The van der Waals surface area contributed by atoms with E-state index in [9.17, 15) is 26.8 Å². The summed E-state index contributed by atoms with van der Waals surface area (Å²) in [6.07, 6.45) is 1.28. The molecule has 0 aliphatic rings. The molecule has 0 radical (unpaired) electrons. The van der Waals surface area contributed by atoms with E-state index >= 15 is 0 Å². The second-order valence-electron chi connectivity index (χ2n) is 8.13. The summed E-state index contributed by atoms with van der Waals surface area (Å²) in [5.74, 6) is -2.97. The number of likely N-dealkylation sites (N-methyl/N-ethyl adjacent to an activating group) is 1. The van der Waals surface area contributed by atoms with Gasteiger partial charge < -0.3 is 10.2 Å². The van der Waals surface area contributed by atoms with Gasteiger partial charge in [0.15, 0.2) is 11.6 Å². The van der Waals surface area contributed by atoms with Crippen molar-refractivity contribution in [2.45, 2.75) is 45.7 Å². The van der Waals surface area contributed by atoms with Crippen LogP contribution in [0.2, 0.25) is 10.0 Å². The summed E-state index contributed by atoms with van der Waals surface area (Å²) >= 11 is 12.1. The van der Waals surface area contributed by atoms with E-state index in [1.165, 1.54) is 4.90 Å². The van der Waals surface area contributed by atoms with E-state index in [0.29, 0.717) is 28.6 Å². The van der Waals surface area contributed by atoms with E-state index in [1.54, 1.807) is 32.0 Å². The van der Waals surface area contributed by atoms with Gasteiger partial charge in [-0.15, -0.1) is 0 Å². The lowest BCUT2D eigenvalue weighted by atomic mass is 10.1. The van der Waals surface area contributed by atoms with Gasteiger partial charge in [-0.2, -0.15) is 0 Å². The van der Waals surface area contributed by atoms with E-state index in [0.717, 1.165) is 28.8 Å². The Labute approximate surface area is 220 Å². The zero-order valence-electron chi connectivity index (χ0n) is 20.2. The number of carbonyl (C=O) groups excluding carboxylic acids is 2. The average Bonchev–Trinajstić information content (AvgIpc) is 2.80. The second-order valence-corrected chi connectivity index (χ2v) is 10.8. The molecule has 36 heavy (non-hydrogen) atoms. The maximum atomic E-state index is 13.7. The van der Waals surface area contributed by atoms with Gasteiger partial charge in [-0.1, -0.05) is 36.2 Å². The van der Waals surface area contributed by atoms with Crippen LogP contribution in [-0.2, 0) is 26.2 Å². The molecule has 7 nitrogen and oxygen atoms in total. The number of sulfonamides is 1. The molecule has 0 heterocycles. The summed E-state index contributed by atoms with van der Waals surface area (Å²) in [7, 11) is -3.84. The summed E-state index contributed by atoms with van der Waals surface area (Å²) in [5.41, 5.74) is 0.616.